The molecular formula is C13H12FNO2. The molecular weight excluding hydrogens is 221 g/mol. The first-order valence-electron chi connectivity index (χ1n) is 5.08. The van der Waals surface area contributed by atoms with Crippen LogP contribution < -0.4 is 9.47 Å². The van der Waals surface area contributed by atoms with Gasteiger partial charge < -0.3 is 9.47 Å². The summed E-state index contributed by atoms with van der Waals surface area (Å²) in [6.07, 6.45) is 3.24. The van der Waals surface area contributed by atoms with Crippen molar-refractivity contribution in [1.29, 1.82) is 0 Å². The first kappa shape index (κ1) is 11.4. The minimum atomic E-state index is -0.274. The van der Waals surface area contributed by atoms with Crippen LogP contribution in [0.3, 0.4) is 0 Å². The van der Waals surface area contributed by atoms with E-state index in [2.05, 4.69) is 4.98 Å². The van der Waals surface area contributed by atoms with Crippen molar-refractivity contribution in [3.63, 3.8) is 0 Å². The summed E-state index contributed by atoms with van der Waals surface area (Å²) in [7, 11) is 3.11. The number of ether oxygens (including phenoxy) is 2. The molecule has 0 amide bonds. The Balaban J connectivity index is 2.54. The fourth-order valence-corrected chi connectivity index (χ4v) is 1.62. The monoisotopic (exact) mass is 233 g/mol. The molecule has 1 aromatic carbocycles. The Hall–Kier alpha value is -2.10. The molecule has 0 N–H and O–H groups in total. The molecule has 1 aromatic heterocycles. The van der Waals surface area contributed by atoms with Crippen LogP contribution in [0.4, 0.5) is 4.39 Å². The molecule has 0 unspecified atom stereocenters. The molecule has 0 saturated heterocycles. The predicted molar refractivity (Wildman–Crippen MR) is 62.7 cm³/mol. The van der Waals surface area contributed by atoms with E-state index in [0.29, 0.717) is 11.5 Å². The van der Waals surface area contributed by atoms with Crippen molar-refractivity contribution in [1.82, 2.24) is 4.98 Å². The standard InChI is InChI=1S/C13H12FNO2/c1-16-12-8-15-7-11(13(12)17-2)9-3-5-10(14)6-4-9/h3-8H,1-2H3. The van der Waals surface area contributed by atoms with Crippen molar-refractivity contribution in [3.05, 3.63) is 42.5 Å². The van der Waals surface area contributed by atoms with Crippen molar-refractivity contribution in [2.75, 3.05) is 14.2 Å². The molecule has 4 heteroatoms. The van der Waals surface area contributed by atoms with Crippen LogP contribution in [0.2, 0.25) is 0 Å². The van der Waals surface area contributed by atoms with Crippen LogP contribution in [-0.4, -0.2) is 19.2 Å². The highest BCUT2D eigenvalue weighted by molar-refractivity contribution is 5.72. The number of hydrogen-bond acceptors (Lipinski definition) is 3. The summed E-state index contributed by atoms with van der Waals surface area (Å²) in [6, 6.07) is 6.14. The summed E-state index contributed by atoms with van der Waals surface area (Å²) >= 11 is 0. The molecule has 1 heterocycles. The van der Waals surface area contributed by atoms with Crippen molar-refractivity contribution in [2.45, 2.75) is 0 Å². The molecule has 0 radical (unpaired) electrons. The van der Waals surface area contributed by atoms with Crippen molar-refractivity contribution in [3.8, 4) is 22.6 Å². The Bertz CT molecular complexity index is 511. The van der Waals surface area contributed by atoms with E-state index in [1.807, 2.05) is 0 Å². The normalized spacial score (nSPS) is 10.1. The molecule has 0 atom stereocenters. The average molecular weight is 233 g/mol. The number of pyridine rings is 1. The predicted octanol–water partition coefficient (Wildman–Crippen LogP) is 2.90. The molecule has 2 rings (SSSR count). The van der Waals surface area contributed by atoms with Gasteiger partial charge in [-0.05, 0) is 17.7 Å². The van der Waals surface area contributed by atoms with Gasteiger partial charge in [-0.25, -0.2) is 4.39 Å². The second kappa shape index (κ2) is 4.82. The second-order valence-electron chi connectivity index (χ2n) is 3.43. The molecule has 2 aromatic rings. The highest BCUT2D eigenvalue weighted by Crippen LogP contribution is 2.36. The lowest BCUT2D eigenvalue weighted by Crippen LogP contribution is -1.94. The SMILES string of the molecule is COc1cncc(-c2ccc(F)cc2)c1OC. The maximum atomic E-state index is 12.9. The van der Waals surface area contributed by atoms with Gasteiger partial charge in [-0.15, -0.1) is 0 Å². The van der Waals surface area contributed by atoms with Crippen LogP contribution in [0.25, 0.3) is 11.1 Å². The summed E-state index contributed by atoms with van der Waals surface area (Å²) in [5.41, 5.74) is 1.60. The Labute approximate surface area is 98.8 Å². The van der Waals surface area contributed by atoms with Crippen molar-refractivity contribution >= 4 is 0 Å². The molecule has 0 aliphatic rings. The fraction of sp³-hybridized carbons (Fsp3) is 0.154. The van der Waals surface area contributed by atoms with E-state index >= 15 is 0 Å². The van der Waals surface area contributed by atoms with E-state index in [9.17, 15) is 4.39 Å². The van der Waals surface area contributed by atoms with Crippen LogP contribution in [0.5, 0.6) is 11.5 Å². The third-order valence-corrected chi connectivity index (χ3v) is 2.44. The van der Waals surface area contributed by atoms with Gasteiger partial charge in [-0.2, -0.15) is 0 Å². The molecule has 3 nitrogen and oxygen atoms in total. The van der Waals surface area contributed by atoms with Gasteiger partial charge in [-0.1, -0.05) is 12.1 Å². The van der Waals surface area contributed by atoms with Crippen LogP contribution >= 0.6 is 0 Å². The van der Waals surface area contributed by atoms with E-state index in [4.69, 9.17) is 9.47 Å². The van der Waals surface area contributed by atoms with Gasteiger partial charge in [0.15, 0.2) is 11.5 Å². The lowest BCUT2D eigenvalue weighted by molar-refractivity contribution is 0.354. The zero-order valence-electron chi connectivity index (χ0n) is 9.61. The molecule has 0 bridgehead atoms. The van der Waals surface area contributed by atoms with Gasteiger partial charge in [0.05, 0.1) is 20.4 Å². The third kappa shape index (κ3) is 2.20. The topological polar surface area (TPSA) is 31.4 Å². The first-order valence-corrected chi connectivity index (χ1v) is 5.08. The second-order valence-corrected chi connectivity index (χ2v) is 3.43. The number of rotatable bonds is 3. The van der Waals surface area contributed by atoms with Crippen molar-refractivity contribution < 1.29 is 13.9 Å². The number of halogens is 1. The zero-order chi connectivity index (χ0) is 12.3. The molecule has 0 spiro atoms. The average Bonchev–Trinajstić information content (AvgIpc) is 2.38. The summed E-state index contributed by atoms with van der Waals surface area (Å²) in [5.74, 6) is 0.868. The summed E-state index contributed by atoms with van der Waals surface area (Å²) < 4.78 is 23.3. The van der Waals surface area contributed by atoms with E-state index in [1.54, 1.807) is 38.7 Å². The maximum absolute atomic E-state index is 12.9. The minimum Gasteiger partial charge on any atom is -0.492 e. The number of methoxy groups -OCH3 is 2. The quantitative estimate of drug-likeness (QED) is 0.816. The van der Waals surface area contributed by atoms with E-state index in [-0.39, 0.29) is 5.82 Å². The van der Waals surface area contributed by atoms with Gasteiger partial charge in [-0.3, -0.25) is 4.98 Å². The highest BCUT2D eigenvalue weighted by Gasteiger charge is 2.11. The van der Waals surface area contributed by atoms with E-state index in [0.717, 1.165) is 11.1 Å². The van der Waals surface area contributed by atoms with Crippen LogP contribution in [0, 0.1) is 5.82 Å². The van der Waals surface area contributed by atoms with Crippen LogP contribution in [-0.2, 0) is 0 Å². The van der Waals surface area contributed by atoms with Gasteiger partial charge in [0.1, 0.15) is 5.82 Å². The zero-order valence-corrected chi connectivity index (χ0v) is 9.61. The Kier molecular flexibility index (Phi) is 3.23. The van der Waals surface area contributed by atoms with Crippen molar-refractivity contribution in [2.24, 2.45) is 0 Å². The Morgan fingerprint density at radius 3 is 2.29 bits per heavy atom. The van der Waals surface area contributed by atoms with Crippen LogP contribution in [0.15, 0.2) is 36.7 Å². The maximum Gasteiger partial charge on any atom is 0.179 e. The van der Waals surface area contributed by atoms with Gasteiger partial charge in [0, 0.05) is 11.8 Å². The van der Waals surface area contributed by atoms with Gasteiger partial charge in [0.25, 0.3) is 0 Å². The number of aromatic nitrogens is 1. The Morgan fingerprint density at radius 2 is 1.71 bits per heavy atom. The van der Waals surface area contributed by atoms with Gasteiger partial charge in [0.2, 0.25) is 0 Å². The molecule has 0 aliphatic heterocycles. The number of hydrogen-bond donors (Lipinski definition) is 0. The Morgan fingerprint density at radius 1 is 1.00 bits per heavy atom. The number of nitrogens with zero attached hydrogens (tertiary/aromatic N) is 1. The lowest BCUT2D eigenvalue weighted by atomic mass is 10.1. The highest BCUT2D eigenvalue weighted by atomic mass is 19.1. The molecule has 88 valence electrons. The smallest absolute Gasteiger partial charge is 0.179 e. The molecule has 0 saturated carbocycles. The lowest BCUT2D eigenvalue weighted by Gasteiger charge is -2.11. The first-order chi connectivity index (χ1) is 8.26. The summed E-state index contributed by atoms with van der Waals surface area (Å²) in [4.78, 5) is 4.06. The molecule has 0 fully saturated rings. The molecule has 17 heavy (non-hydrogen) atoms. The fourth-order valence-electron chi connectivity index (χ4n) is 1.62. The molecule has 0 aliphatic carbocycles. The van der Waals surface area contributed by atoms with Gasteiger partial charge >= 0.3 is 0 Å². The van der Waals surface area contributed by atoms with E-state index < -0.39 is 0 Å². The summed E-state index contributed by atoms with van der Waals surface area (Å²) in [6.45, 7) is 0. The van der Waals surface area contributed by atoms with Crippen LogP contribution in [0.1, 0.15) is 0 Å². The third-order valence-electron chi connectivity index (χ3n) is 2.44. The minimum absolute atomic E-state index is 0.274. The number of benzene rings is 1. The van der Waals surface area contributed by atoms with E-state index in [1.165, 1.54) is 12.1 Å². The largest absolute Gasteiger partial charge is 0.492 e. The summed E-state index contributed by atoms with van der Waals surface area (Å²) in [5, 5.41) is 0.